The van der Waals surface area contributed by atoms with Crippen LogP contribution < -0.4 is 14.8 Å². The summed E-state index contributed by atoms with van der Waals surface area (Å²) in [5.41, 5.74) is 1.33. The number of rotatable bonds is 15. The lowest BCUT2D eigenvalue weighted by Gasteiger charge is -2.30. The number of aliphatic imine (C=N–C) groups is 1. The SMILES string of the molecule is COc1cccc([C@H]2OC(c3ccc(OCCCO)cc3)=N[C@@]2(C/C=C/c2ccccc2)C(=O)NCCCN(C)C)c1. The monoisotopic (exact) mass is 571 g/mol. The van der Waals surface area contributed by atoms with Gasteiger partial charge in [-0.3, -0.25) is 4.79 Å². The van der Waals surface area contributed by atoms with Crippen LogP contribution in [0.1, 0.15) is 42.1 Å². The van der Waals surface area contributed by atoms with Crippen molar-refractivity contribution in [1.29, 1.82) is 0 Å². The van der Waals surface area contributed by atoms with Gasteiger partial charge in [0.15, 0.2) is 11.6 Å². The number of hydrogen-bond acceptors (Lipinski definition) is 7. The summed E-state index contributed by atoms with van der Waals surface area (Å²) in [7, 11) is 5.65. The summed E-state index contributed by atoms with van der Waals surface area (Å²) in [6, 6.07) is 25.0. The van der Waals surface area contributed by atoms with E-state index < -0.39 is 11.6 Å². The first kappa shape index (κ1) is 30.8. The maximum absolute atomic E-state index is 14.2. The second-order valence-corrected chi connectivity index (χ2v) is 10.5. The third-order valence-electron chi connectivity index (χ3n) is 7.03. The number of hydrogen-bond donors (Lipinski definition) is 2. The fourth-order valence-electron chi connectivity index (χ4n) is 4.81. The maximum Gasteiger partial charge on any atom is 0.252 e. The van der Waals surface area contributed by atoms with Gasteiger partial charge in [-0.2, -0.15) is 0 Å². The minimum atomic E-state index is -1.25. The molecule has 8 heteroatoms. The van der Waals surface area contributed by atoms with E-state index in [1.165, 1.54) is 0 Å². The lowest BCUT2D eigenvalue weighted by Crippen LogP contribution is -2.48. The van der Waals surface area contributed by atoms with E-state index in [-0.39, 0.29) is 12.5 Å². The molecule has 2 atom stereocenters. The smallest absolute Gasteiger partial charge is 0.252 e. The molecule has 0 spiro atoms. The summed E-state index contributed by atoms with van der Waals surface area (Å²) >= 11 is 0. The van der Waals surface area contributed by atoms with Crippen molar-refractivity contribution in [2.75, 3.05) is 47.5 Å². The molecule has 1 aliphatic rings. The molecule has 42 heavy (non-hydrogen) atoms. The molecule has 3 aromatic rings. The predicted molar refractivity (Wildman–Crippen MR) is 166 cm³/mol. The van der Waals surface area contributed by atoms with E-state index in [2.05, 4.69) is 10.2 Å². The van der Waals surface area contributed by atoms with Crippen LogP contribution in [-0.4, -0.2) is 74.9 Å². The number of carbonyl (C=O) groups excluding carboxylic acids is 1. The molecule has 0 aromatic heterocycles. The molecule has 1 heterocycles. The fourth-order valence-corrected chi connectivity index (χ4v) is 4.81. The van der Waals surface area contributed by atoms with Crippen LogP contribution in [0.15, 0.2) is 89.9 Å². The van der Waals surface area contributed by atoms with Crippen molar-refractivity contribution < 1.29 is 24.1 Å². The molecule has 0 saturated carbocycles. The molecule has 0 unspecified atom stereocenters. The number of nitrogens with one attached hydrogen (secondary N) is 1. The Morgan fingerprint density at radius 2 is 1.83 bits per heavy atom. The van der Waals surface area contributed by atoms with Crippen LogP contribution in [-0.2, 0) is 9.53 Å². The van der Waals surface area contributed by atoms with Gasteiger partial charge in [0.1, 0.15) is 11.5 Å². The molecule has 3 aromatic carbocycles. The van der Waals surface area contributed by atoms with Crippen LogP contribution in [0.4, 0.5) is 0 Å². The summed E-state index contributed by atoms with van der Waals surface area (Å²) in [5, 5.41) is 12.2. The van der Waals surface area contributed by atoms with Crippen LogP contribution in [0.5, 0.6) is 11.5 Å². The third-order valence-corrected chi connectivity index (χ3v) is 7.03. The highest BCUT2D eigenvalue weighted by Gasteiger charge is 2.52. The number of ether oxygens (including phenoxy) is 3. The normalized spacial score (nSPS) is 18.1. The van der Waals surface area contributed by atoms with Crippen molar-refractivity contribution in [3.05, 3.63) is 102 Å². The third kappa shape index (κ3) is 7.99. The number of carbonyl (C=O) groups is 1. The van der Waals surface area contributed by atoms with Crippen LogP contribution in [0.25, 0.3) is 6.08 Å². The molecule has 4 rings (SSSR count). The van der Waals surface area contributed by atoms with Crippen LogP contribution in [0, 0.1) is 0 Å². The Balaban J connectivity index is 1.71. The van der Waals surface area contributed by atoms with Gasteiger partial charge in [0, 0.05) is 31.6 Å². The Bertz CT molecular complexity index is 1340. The Hall–Kier alpha value is -4.14. The van der Waals surface area contributed by atoms with E-state index >= 15 is 0 Å². The fraction of sp³-hybridized carbons (Fsp3) is 0.353. The van der Waals surface area contributed by atoms with Crippen LogP contribution in [0.2, 0.25) is 0 Å². The minimum Gasteiger partial charge on any atom is -0.497 e. The average Bonchev–Trinajstić information content (AvgIpc) is 3.41. The zero-order valence-corrected chi connectivity index (χ0v) is 24.7. The van der Waals surface area contributed by atoms with Crippen LogP contribution >= 0.6 is 0 Å². The molecular formula is C34H41N3O5. The van der Waals surface area contributed by atoms with Gasteiger partial charge < -0.3 is 29.5 Å². The van der Waals surface area contributed by atoms with Gasteiger partial charge in [0.2, 0.25) is 5.90 Å². The van der Waals surface area contributed by atoms with E-state index in [1.807, 2.05) is 105 Å². The van der Waals surface area contributed by atoms with Crippen molar-refractivity contribution in [3.63, 3.8) is 0 Å². The van der Waals surface area contributed by atoms with E-state index in [0.717, 1.165) is 29.7 Å². The van der Waals surface area contributed by atoms with Gasteiger partial charge in [0.25, 0.3) is 5.91 Å². The second kappa shape index (κ2) is 15.2. The first-order valence-electron chi connectivity index (χ1n) is 14.3. The van der Waals surface area contributed by atoms with Crippen molar-refractivity contribution in [1.82, 2.24) is 10.2 Å². The summed E-state index contributed by atoms with van der Waals surface area (Å²) < 4.78 is 17.8. The second-order valence-electron chi connectivity index (χ2n) is 10.5. The number of methoxy groups -OCH3 is 1. The average molecular weight is 572 g/mol. The number of nitrogens with zero attached hydrogens (tertiary/aromatic N) is 2. The molecule has 0 bridgehead atoms. The van der Waals surface area contributed by atoms with Gasteiger partial charge >= 0.3 is 0 Å². The van der Waals surface area contributed by atoms with Gasteiger partial charge in [-0.15, -0.1) is 0 Å². The van der Waals surface area contributed by atoms with E-state index in [9.17, 15) is 4.79 Å². The Kier molecular flexibility index (Phi) is 11.1. The zero-order valence-electron chi connectivity index (χ0n) is 24.7. The Morgan fingerprint density at radius 3 is 2.55 bits per heavy atom. The molecule has 1 aliphatic heterocycles. The highest BCUT2D eigenvalue weighted by Crippen LogP contribution is 2.43. The summed E-state index contributed by atoms with van der Waals surface area (Å²) in [6.07, 6.45) is 5.02. The van der Waals surface area contributed by atoms with E-state index in [0.29, 0.717) is 43.4 Å². The first-order chi connectivity index (χ1) is 20.4. The molecule has 8 nitrogen and oxygen atoms in total. The van der Waals surface area contributed by atoms with Gasteiger partial charge in [-0.05, 0) is 74.6 Å². The highest BCUT2D eigenvalue weighted by molar-refractivity contribution is 6.01. The Morgan fingerprint density at radius 1 is 1.05 bits per heavy atom. The topological polar surface area (TPSA) is 92.6 Å². The standard InChI is InChI=1S/C34H41N3O5/c1-37(2)22-9-21-35-33(39)34(20-8-13-26-11-5-4-6-12-26)31(28-14-7-15-30(25-28)40-3)42-32(36-34)27-16-18-29(19-17-27)41-24-10-23-38/h4-8,11-19,25,31,38H,9-10,20-24H2,1-3H3,(H,35,39)/b13-8+/t31-,34-/m1/s1. The largest absolute Gasteiger partial charge is 0.497 e. The van der Waals surface area contributed by atoms with Crippen molar-refractivity contribution in [3.8, 4) is 11.5 Å². The molecule has 0 aliphatic carbocycles. The first-order valence-corrected chi connectivity index (χ1v) is 14.3. The lowest BCUT2D eigenvalue weighted by molar-refractivity contribution is -0.128. The van der Waals surface area contributed by atoms with Crippen molar-refractivity contribution in [2.45, 2.75) is 30.9 Å². The van der Waals surface area contributed by atoms with Gasteiger partial charge in [-0.25, -0.2) is 4.99 Å². The lowest BCUT2D eigenvalue weighted by atomic mass is 9.84. The molecule has 0 saturated heterocycles. The molecule has 0 radical (unpaired) electrons. The molecule has 222 valence electrons. The summed E-state index contributed by atoms with van der Waals surface area (Å²) in [6.45, 7) is 1.89. The zero-order chi connectivity index (χ0) is 29.8. The summed E-state index contributed by atoms with van der Waals surface area (Å²) in [4.78, 5) is 21.3. The quantitative estimate of drug-likeness (QED) is 0.253. The van der Waals surface area contributed by atoms with Crippen LogP contribution in [0.3, 0.4) is 0 Å². The number of aliphatic hydroxyl groups is 1. The van der Waals surface area contributed by atoms with Crippen molar-refractivity contribution in [2.24, 2.45) is 4.99 Å². The highest BCUT2D eigenvalue weighted by atomic mass is 16.5. The van der Waals surface area contributed by atoms with Gasteiger partial charge in [-0.1, -0.05) is 54.6 Å². The number of benzene rings is 3. The minimum absolute atomic E-state index is 0.0758. The van der Waals surface area contributed by atoms with Gasteiger partial charge in [0.05, 0.1) is 13.7 Å². The van der Waals surface area contributed by atoms with Crippen molar-refractivity contribution >= 4 is 17.9 Å². The summed E-state index contributed by atoms with van der Waals surface area (Å²) in [5.74, 6) is 1.56. The maximum atomic E-state index is 14.2. The predicted octanol–water partition coefficient (Wildman–Crippen LogP) is 4.88. The molecule has 1 amide bonds. The van der Waals surface area contributed by atoms with E-state index in [1.54, 1.807) is 7.11 Å². The molecular weight excluding hydrogens is 530 g/mol. The number of aliphatic hydroxyl groups excluding tert-OH is 1. The Labute approximate surface area is 248 Å². The number of amides is 1. The molecule has 2 N–H and O–H groups in total. The van der Waals surface area contributed by atoms with E-state index in [4.69, 9.17) is 24.3 Å². The molecule has 0 fully saturated rings.